The smallest absolute Gasteiger partial charge is 0.231 e. The standard InChI is InChI=1S/C19H24N4OS/c1-19(2,13-6-4-3-5-7-13)17-22-23-18(25-17)21-16(24)14-11-8-9-12(10-11)15(14)20/h3-7,11-12,14-15H,8-10,20H2,1-2H3,(H,21,23,24). The molecular weight excluding hydrogens is 332 g/mol. The molecule has 2 saturated carbocycles. The Morgan fingerprint density at radius 2 is 1.92 bits per heavy atom. The average molecular weight is 356 g/mol. The zero-order valence-electron chi connectivity index (χ0n) is 14.6. The summed E-state index contributed by atoms with van der Waals surface area (Å²) in [6.07, 6.45) is 3.39. The molecule has 1 heterocycles. The lowest BCUT2D eigenvalue weighted by atomic mass is 9.84. The first-order valence-corrected chi connectivity index (χ1v) is 9.74. The normalized spacial score (nSPS) is 28.3. The maximum absolute atomic E-state index is 12.7. The van der Waals surface area contributed by atoms with Gasteiger partial charge in [0, 0.05) is 11.5 Å². The number of hydrogen-bond donors (Lipinski definition) is 2. The number of rotatable bonds is 4. The Bertz CT molecular complexity index is 771. The Morgan fingerprint density at radius 1 is 1.20 bits per heavy atom. The largest absolute Gasteiger partial charge is 0.327 e. The van der Waals surface area contributed by atoms with Crippen molar-refractivity contribution in [2.45, 2.75) is 44.6 Å². The van der Waals surface area contributed by atoms with E-state index in [2.05, 4.69) is 41.5 Å². The molecule has 3 N–H and O–H groups in total. The van der Waals surface area contributed by atoms with Gasteiger partial charge in [-0.15, -0.1) is 10.2 Å². The van der Waals surface area contributed by atoms with Gasteiger partial charge < -0.3 is 11.1 Å². The van der Waals surface area contributed by atoms with Gasteiger partial charge in [-0.1, -0.05) is 41.7 Å². The number of carbonyl (C=O) groups is 1. The van der Waals surface area contributed by atoms with Gasteiger partial charge >= 0.3 is 0 Å². The van der Waals surface area contributed by atoms with Crippen LogP contribution in [0.1, 0.15) is 43.7 Å². The second-order valence-electron chi connectivity index (χ2n) is 7.83. The molecule has 1 aromatic carbocycles. The first kappa shape index (κ1) is 16.7. The number of aromatic nitrogens is 2. The highest BCUT2D eigenvalue weighted by atomic mass is 32.1. The van der Waals surface area contributed by atoms with Gasteiger partial charge in [-0.05, 0) is 50.5 Å². The van der Waals surface area contributed by atoms with E-state index in [1.165, 1.54) is 23.3 Å². The number of anilines is 1. The minimum absolute atomic E-state index is 0.00750. The molecule has 0 radical (unpaired) electrons. The van der Waals surface area contributed by atoms with Crippen LogP contribution >= 0.6 is 11.3 Å². The topological polar surface area (TPSA) is 80.9 Å². The third kappa shape index (κ3) is 2.87. The molecule has 25 heavy (non-hydrogen) atoms. The molecule has 5 nitrogen and oxygen atoms in total. The number of hydrogen-bond acceptors (Lipinski definition) is 5. The minimum Gasteiger partial charge on any atom is -0.327 e. The summed E-state index contributed by atoms with van der Waals surface area (Å²) in [7, 11) is 0. The molecule has 1 amide bonds. The quantitative estimate of drug-likeness (QED) is 0.882. The van der Waals surface area contributed by atoms with Crippen LogP contribution in [0.15, 0.2) is 30.3 Å². The van der Waals surface area contributed by atoms with Gasteiger partial charge in [-0.25, -0.2) is 0 Å². The second-order valence-corrected chi connectivity index (χ2v) is 8.81. The Balaban J connectivity index is 1.49. The van der Waals surface area contributed by atoms with E-state index in [9.17, 15) is 4.79 Å². The molecule has 6 heteroatoms. The lowest BCUT2D eigenvalue weighted by Gasteiger charge is -2.26. The zero-order chi connectivity index (χ0) is 17.6. The number of carbonyl (C=O) groups excluding carboxylic acids is 1. The van der Waals surface area contributed by atoms with Gasteiger partial charge in [0.1, 0.15) is 5.01 Å². The number of benzene rings is 1. The number of nitrogens with one attached hydrogen (secondary N) is 1. The Labute approximate surface area is 152 Å². The molecule has 4 unspecified atom stereocenters. The summed E-state index contributed by atoms with van der Waals surface area (Å²) >= 11 is 1.45. The fourth-order valence-electron chi connectivity index (χ4n) is 4.42. The Morgan fingerprint density at radius 3 is 2.60 bits per heavy atom. The number of fused-ring (bicyclic) bond motifs is 2. The molecule has 2 fully saturated rings. The van der Waals surface area contributed by atoms with Crippen LogP contribution < -0.4 is 11.1 Å². The molecule has 2 aliphatic rings. The first-order valence-electron chi connectivity index (χ1n) is 8.93. The van der Waals surface area contributed by atoms with Crippen LogP contribution in [0.2, 0.25) is 0 Å². The molecule has 2 bridgehead atoms. The summed E-state index contributed by atoms with van der Waals surface area (Å²) in [5.74, 6) is 0.893. The van der Waals surface area contributed by atoms with Gasteiger partial charge in [0.15, 0.2) is 0 Å². The summed E-state index contributed by atoms with van der Waals surface area (Å²) in [5, 5.41) is 13.0. The van der Waals surface area contributed by atoms with E-state index < -0.39 is 0 Å². The highest BCUT2D eigenvalue weighted by Gasteiger charge is 2.49. The van der Waals surface area contributed by atoms with Crippen molar-refractivity contribution in [3.05, 3.63) is 40.9 Å². The second kappa shape index (κ2) is 6.18. The van der Waals surface area contributed by atoms with E-state index >= 15 is 0 Å². The highest BCUT2D eigenvalue weighted by Crippen LogP contribution is 2.48. The molecule has 0 aliphatic heterocycles. The molecule has 2 aliphatic carbocycles. The number of amides is 1. The fraction of sp³-hybridized carbons (Fsp3) is 0.526. The van der Waals surface area contributed by atoms with Gasteiger partial charge in [0.05, 0.1) is 5.92 Å². The van der Waals surface area contributed by atoms with Crippen molar-refractivity contribution in [3.63, 3.8) is 0 Å². The van der Waals surface area contributed by atoms with Gasteiger partial charge in [-0.2, -0.15) is 0 Å². The van der Waals surface area contributed by atoms with Crippen LogP contribution in [0.5, 0.6) is 0 Å². The molecule has 132 valence electrons. The van der Waals surface area contributed by atoms with Crippen LogP contribution in [0.25, 0.3) is 0 Å². The van der Waals surface area contributed by atoms with Crippen molar-refractivity contribution >= 4 is 22.4 Å². The predicted octanol–water partition coefficient (Wildman–Crippen LogP) is 3.18. The van der Waals surface area contributed by atoms with E-state index in [4.69, 9.17) is 5.73 Å². The van der Waals surface area contributed by atoms with E-state index in [0.29, 0.717) is 17.0 Å². The van der Waals surface area contributed by atoms with Gasteiger partial charge in [-0.3, -0.25) is 4.79 Å². The molecule has 2 aromatic rings. The molecule has 0 spiro atoms. The van der Waals surface area contributed by atoms with Crippen LogP contribution in [0, 0.1) is 17.8 Å². The van der Waals surface area contributed by atoms with Gasteiger partial charge in [0.2, 0.25) is 11.0 Å². The van der Waals surface area contributed by atoms with Crippen molar-refractivity contribution in [2.24, 2.45) is 23.5 Å². The highest BCUT2D eigenvalue weighted by molar-refractivity contribution is 7.15. The minimum atomic E-state index is -0.245. The van der Waals surface area contributed by atoms with E-state index in [1.807, 2.05) is 18.2 Å². The maximum Gasteiger partial charge on any atom is 0.231 e. The maximum atomic E-state index is 12.7. The molecule has 4 rings (SSSR count). The van der Waals surface area contributed by atoms with Crippen molar-refractivity contribution in [1.82, 2.24) is 10.2 Å². The lowest BCUT2D eigenvalue weighted by molar-refractivity contribution is -0.121. The SMILES string of the molecule is CC(C)(c1ccccc1)c1nnc(NC(=O)C2C3CCC(C3)C2N)s1. The van der Waals surface area contributed by atoms with Crippen molar-refractivity contribution in [2.75, 3.05) is 5.32 Å². The predicted molar refractivity (Wildman–Crippen MR) is 99.4 cm³/mol. The van der Waals surface area contributed by atoms with Crippen LogP contribution in [-0.2, 0) is 10.2 Å². The molecule has 1 aromatic heterocycles. The van der Waals surface area contributed by atoms with Crippen molar-refractivity contribution < 1.29 is 4.79 Å². The molecule has 0 saturated heterocycles. The molecule has 4 atom stereocenters. The number of nitrogens with zero attached hydrogens (tertiary/aromatic N) is 2. The Hall–Kier alpha value is -1.79. The fourth-order valence-corrected chi connectivity index (χ4v) is 5.29. The summed E-state index contributed by atoms with van der Waals surface area (Å²) in [6, 6.07) is 10.2. The van der Waals surface area contributed by atoms with E-state index in [-0.39, 0.29) is 23.3 Å². The monoisotopic (exact) mass is 356 g/mol. The van der Waals surface area contributed by atoms with Crippen LogP contribution in [0.4, 0.5) is 5.13 Å². The van der Waals surface area contributed by atoms with E-state index in [0.717, 1.165) is 17.8 Å². The Kier molecular flexibility index (Phi) is 4.12. The zero-order valence-corrected chi connectivity index (χ0v) is 15.4. The summed E-state index contributed by atoms with van der Waals surface area (Å²) in [4.78, 5) is 12.7. The number of nitrogens with two attached hydrogens (primary N) is 1. The summed E-state index contributed by atoms with van der Waals surface area (Å²) in [5.41, 5.74) is 7.21. The van der Waals surface area contributed by atoms with Crippen LogP contribution in [-0.4, -0.2) is 22.1 Å². The third-order valence-electron chi connectivity index (χ3n) is 5.97. The van der Waals surface area contributed by atoms with Crippen molar-refractivity contribution in [3.8, 4) is 0 Å². The van der Waals surface area contributed by atoms with E-state index in [1.54, 1.807) is 0 Å². The summed E-state index contributed by atoms with van der Waals surface area (Å²) < 4.78 is 0. The first-order chi connectivity index (χ1) is 12.0. The summed E-state index contributed by atoms with van der Waals surface area (Å²) in [6.45, 7) is 4.25. The average Bonchev–Trinajstić information content (AvgIpc) is 3.31. The molecular formula is C19H24N4OS. The lowest BCUT2D eigenvalue weighted by Crippen LogP contribution is -2.42. The van der Waals surface area contributed by atoms with Crippen LogP contribution in [0.3, 0.4) is 0 Å². The third-order valence-corrected chi connectivity index (χ3v) is 7.13. The van der Waals surface area contributed by atoms with Crippen molar-refractivity contribution in [1.29, 1.82) is 0 Å². The van der Waals surface area contributed by atoms with Gasteiger partial charge in [0.25, 0.3) is 0 Å².